The minimum absolute atomic E-state index is 0.0543. The third-order valence-electron chi connectivity index (χ3n) is 2.64. The zero-order valence-corrected chi connectivity index (χ0v) is 12.2. The van der Waals surface area contributed by atoms with Gasteiger partial charge in [-0.3, -0.25) is 0 Å². The van der Waals surface area contributed by atoms with Crippen molar-refractivity contribution in [1.82, 2.24) is 0 Å². The van der Waals surface area contributed by atoms with Crippen molar-refractivity contribution in [2.75, 3.05) is 53.4 Å². The Morgan fingerprint density at radius 2 is 1.58 bits per heavy atom. The summed E-state index contributed by atoms with van der Waals surface area (Å²) in [5.74, 6) is 0. The first kappa shape index (κ1) is 18.8. The van der Waals surface area contributed by atoms with Crippen LogP contribution in [0.1, 0.15) is 19.8 Å². The van der Waals surface area contributed by atoms with Gasteiger partial charge in [-0.2, -0.15) is 0 Å². The third-order valence-corrected chi connectivity index (χ3v) is 2.64. The largest absolute Gasteiger partial charge is 0.394 e. The number of rotatable bonds is 14. The summed E-state index contributed by atoms with van der Waals surface area (Å²) >= 11 is 0. The minimum atomic E-state index is -0.304. The molecular formula is C13H29NO5. The molecule has 0 aliphatic heterocycles. The molecule has 2 atom stereocenters. The molecule has 0 aromatic rings. The first-order valence-corrected chi connectivity index (χ1v) is 6.88. The number of methoxy groups -OCH3 is 1. The standard InChI is InChI=1S/C13H29NO5/c1-3-4-12(14)13(11-15)19-10-9-18-8-7-17-6-5-16-2/h12-13,15H,3-11,14H2,1-2H3. The lowest BCUT2D eigenvalue weighted by Crippen LogP contribution is -2.40. The Balaban J connectivity index is 3.36. The second kappa shape index (κ2) is 14.2. The molecule has 0 rings (SSSR count). The molecule has 0 heterocycles. The summed E-state index contributed by atoms with van der Waals surface area (Å²) in [4.78, 5) is 0. The van der Waals surface area contributed by atoms with Crippen molar-refractivity contribution >= 4 is 0 Å². The summed E-state index contributed by atoms with van der Waals surface area (Å²) in [5, 5.41) is 9.17. The molecule has 116 valence electrons. The van der Waals surface area contributed by atoms with Crippen molar-refractivity contribution in [3.8, 4) is 0 Å². The quantitative estimate of drug-likeness (QED) is 0.441. The molecule has 6 nitrogen and oxygen atoms in total. The fourth-order valence-corrected chi connectivity index (χ4v) is 1.55. The Labute approximate surface area is 116 Å². The van der Waals surface area contributed by atoms with Gasteiger partial charge in [-0.1, -0.05) is 13.3 Å². The molecule has 0 radical (unpaired) electrons. The molecule has 0 spiro atoms. The molecule has 0 aromatic carbocycles. The Bertz CT molecular complexity index is 182. The van der Waals surface area contributed by atoms with Gasteiger partial charge in [0.2, 0.25) is 0 Å². The van der Waals surface area contributed by atoms with E-state index in [1.807, 2.05) is 0 Å². The van der Waals surface area contributed by atoms with E-state index in [2.05, 4.69) is 6.92 Å². The van der Waals surface area contributed by atoms with E-state index in [1.165, 1.54) is 0 Å². The van der Waals surface area contributed by atoms with Crippen molar-refractivity contribution in [2.45, 2.75) is 31.9 Å². The maximum absolute atomic E-state index is 9.17. The molecule has 0 aromatic heterocycles. The summed E-state index contributed by atoms with van der Waals surface area (Å²) in [7, 11) is 1.64. The lowest BCUT2D eigenvalue weighted by Gasteiger charge is -2.21. The summed E-state index contributed by atoms with van der Waals surface area (Å²) < 4.78 is 20.9. The molecule has 2 unspecified atom stereocenters. The van der Waals surface area contributed by atoms with Gasteiger partial charge in [0.25, 0.3) is 0 Å². The smallest absolute Gasteiger partial charge is 0.0957 e. The third kappa shape index (κ3) is 11.3. The topological polar surface area (TPSA) is 83.2 Å². The number of ether oxygens (including phenoxy) is 4. The van der Waals surface area contributed by atoms with Crippen LogP contribution in [0.25, 0.3) is 0 Å². The summed E-state index contributed by atoms with van der Waals surface area (Å²) in [5.41, 5.74) is 5.89. The van der Waals surface area contributed by atoms with Gasteiger partial charge in [-0.15, -0.1) is 0 Å². The first-order valence-electron chi connectivity index (χ1n) is 6.88. The lowest BCUT2D eigenvalue weighted by molar-refractivity contribution is -0.0403. The van der Waals surface area contributed by atoms with Gasteiger partial charge in [-0.25, -0.2) is 0 Å². The Morgan fingerprint density at radius 1 is 1.00 bits per heavy atom. The molecule has 0 saturated carbocycles. The van der Waals surface area contributed by atoms with Gasteiger partial charge in [0.1, 0.15) is 0 Å². The van der Waals surface area contributed by atoms with E-state index in [0.717, 1.165) is 12.8 Å². The maximum atomic E-state index is 9.17. The van der Waals surface area contributed by atoms with E-state index in [4.69, 9.17) is 29.8 Å². The molecule has 0 aliphatic carbocycles. The highest BCUT2D eigenvalue weighted by Gasteiger charge is 2.16. The van der Waals surface area contributed by atoms with Crippen molar-refractivity contribution in [1.29, 1.82) is 0 Å². The SMILES string of the molecule is CCCC(N)C(CO)OCCOCCOCCOC. The predicted molar refractivity (Wildman–Crippen MR) is 73.2 cm³/mol. The van der Waals surface area contributed by atoms with E-state index in [-0.39, 0.29) is 18.8 Å². The van der Waals surface area contributed by atoms with Crippen LogP contribution in [0.3, 0.4) is 0 Å². The van der Waals surface area contributed by atoms with E-state index in [1.54, 1.807) is 7.11 Å². The molecule has 0 bridgehead atoms. The average Bonchev–Trinajstić information content (AvgIpc) is 2.41. The number of hydrogen-bond acceptors (Lipinski definition) is 6. The van der Waals surface area contributed by atoms with Crippen molar-refractivity contribution in [3.05, 3.63) is 0 Å². The Kier molecular flexibility index (Phi) is 14.0. The summed E-state index contributed by atoms with van der Waals surface area (Å²) in [6, 6.07) is -0.118. The monoisotopic (exact) mass is 279 g/mol. The van der Waals surface area contributed by atoms with Crippen LogP contribution in [0.2, 0.25) is 0 Å². The fraction of sp³-hybridized carbons (Fsp3) is 1.00. The minimum Gasteiger partial charge on any atom is -0.394 e. The average molecular weight is 279 g/mol. The highest BCUT2D eigenvalue weighted by Crippen LogP contribution is 2.03. The predicted octanol–water partition coefficient (Wildman–Crippen LogP) is 0.171. The normalized spacial score (nSPS) is 14.5. The van der Waals surface area contributed by atoms with E-state index < -0.39 is 0 Å². The van der Waals surface area contributed by atoms with Crippen LogP contribution >= 0.6 is 0 Å². The van der Waals surface area contributed by atoms with Crippen LogP contribution in [0.15, 0.2) is 0 Å². The first-order chi connectivity index (χ1) is 9.26. The van der Waals surface area contributed by atoms with Crippen LogP contribution in [-0.4, -0.2) is 70.6 Å². The molecule has 0 fully saturated rings. The summed E-state index contributed by atoms with van der Waals surface area (Å²) in [6.45, 7) is 5.15. The molecule has 3 N–H and O–H groups in total. The number of nitrogens with two attached hydrogens (primary N) is 1. The van der Waals surface area contributed by atoms with Crippen molar-refractivity contribution in [2.24, 2.45) is 5.73 Å². The van der Waals surface area contributed by atoms with Gasteiger partial charge in [-0.05, 0) is 6.42 Å². The van der Waals surface area contributed by atoms with Crippen LogP contribution in [-0.2, 0) is 18.9 Å². The van der Waals surface area contributed by atoms with Gasteiger partial charge < -0.3 is 29.8 Å². The van der Waals surface area contributed by atoms with Gasteiger partial charge in [0.05, 0.1) is 52.4 Å². The van der Waals surface area contributed by atoms with E-state index in [0.29, 0.717) is 39.6 Å². The lowest BCUT2D eigenvalue weighted by atomic mass is 10.1. The van der Waals surface area contributed by atoms with Gasteiger partial charge in [0, 0.05) is 13.2 Å². The highest BCUT2D eigenvalue weighted by molar-refractivity contribution is 4.71. The second-order valence-corrected chi connectivity index (χ2v) is 4.26. The number of hydrogen-bond donors (Lipinski definition) is 2. The fourth-order valence-electron chi connectivity index (χ4n) is 1.55. The molecule has 0 aliphatic rings. The van der Waals surface area contributed by atoms with Gasteiger partial charge in [0.15, 0.2) is 0 Å². The zero-order chi connectivity index (χ0) is 14.3. The van der Waals surface area contributed by atoms with Crippen LogP contribution < -0.4 is 5.73 Å². The summed E-state index contributed by atoms with van der Waals surface area (Å²) in [6.07, 6.45) is 1.52. The van der Waals surface area contributed by atoms with Crippen LogP contribution in [0.4, 0.5) is 0 Å². The van der Waals surface area contributed by atoms with Gasteiger partial charge >= 0.3 is 0 Å². The zero-order valence-electron chi connectivity index (χ0n) is 12.2. The molecule has 0 saturated heterocycles. The molecule has 6 heteroatoms. The second-order valence-electron chi connectivity index (χ2n) is 4.26. The van der Waals surface area contributed by atoms with E-state index >= 15 is 0 Å². The number of aliphatic hydroxyl groups excluding tert-OH is 1. The van der Waals surface area contributed by atoms with Crippen LogP contribution in [0, 0.1) is 0 Å². The highest BCUT2D eigenvalue weighted by atomic mass is 16.6. The van der Waals surface area contributed by atoms with E-state index in [9.17, 15) is 0 Å². The molecular weight excluding hydrogens is 250 g/mol. The van der Waals surface area contributed by atoms with Crippen LogP contribution in [0.5, 0.6) is 0 Å². The Hall–Kier alpha value is -0.240. The Morgan fingerprint density at radius 3 is 2.11 bits per heavy atom. The maximum Gasteiger partial charge on any atom is 0.0957 e. The van der Waals surface area contributed by atoms with Crippen molar-refractivity contribution in [3.63, 3.8) is 0 Å². The number of aliphatic hydroxyl groups is 1. The van der Waals surface area contributed by atoms with Crippen molar-refractivity contribution < 1.29 is 24.1 Å². The molecule has 19 heavy (non-hydrogen) atoms. The molecule has 0 amide bonds.